The summed E-state index contributed by atoms with van der Waals surface area (Å²) in [6, 6.07) is 7.91. The van der Waals surface area contributed by atoms with Crippen molar-refractivity contribution in [3.8, 4) is 0 Å². The second-order valence-electron chi connectivity index (χ2n) is 4.55. The minimum atomic E-state index is -0.0173. The minimum absolute atomic E-state index is 0.0173. The number of imidazole rings is 1. The summed E-state index contributed by atoms with van der Waals surface area (Å²) >= 11 is 0. The molecule has 0 spiro atoms. The normalized spacial score (nSPS) is 11.1. The quantitative estimate of drug-likeness (QED) is 0.669. The van der Waals surface area contributed by atoms with Gasteiger partial charge in [0.1, 0.15) is 0 Å². The van der Waals surface area contributed by atoms with Crippen molar-refractivity contribution in [3.63, 3.8) is 0 Å². The molecule has 0 saturated heterocycles. The zero-order valence-corrected chi connectivity index (χ0v) is 10.9. The fourth-order valence-corrected chi connectivity index (χ4v) is 2.28. The smallest absolute Gasteiger partial charge is 0.204 e. The summed E-state index contributed by atoms with van der Waals surface area (Å²) in [7, 11) is 3.70. The summed E-state index contributed by atoms with van der Waals surface area (Å²) in [6.45, 7) is 0. The van der Waals surface area contributed by atoms with Gasteiger partial charge in [0, 0.05) is 31.9 Å². The van der Waals surface area contributed by atoms with Gasteiger partial charge in [0.25, 0.3) is 0 Å². The SMILES string of the molecule is Cn1ccnc1C(=O)Cc1nn(C)c2ccccc12. The number of hydrogen-bond acceptors (Lipinski definition) is 3. The van der Waals surface area contributed by atoms with Crippen molar-refractivity contribution in [1.29, 1.82) is 0 Å². The molecular weight excluding hydrogens is 240 g/mol. The Kier molecular flexibility index (Phi) is 2.67. The zero-order valence-electron chi connectivity index (χ0n) is 10.9. The second-order valence-corrected chi connectivity index (χ2v) is 4.55. The molecular formula is C14H14N4O. The highest BCUT2D eigenvalue weighted by molar-refractivity contribution is 5.96. The maximum Gasteiger partial charge on any atom is 0.204 e. The van der Waals surface area contributed by atoms with E-state index in [0.717, 1.165) is 16.6 Å². The van der Waals surface area contributed by atoms with Crippen molar-refractivity contribution < 1.29 is 4.79 Å². The molecule has 0 unspecified atom stereocenters. The highest BCUT2D eigenvalue weighted by Crippen LogP contribution is 2.18. The number of rotatable bonds is 3. The largest absolute Gasteiger partial charge is 0.332 e. The van der Waals surface area contributed by atoms with Crippen LogP contribution >= 0.6 is 0 Å². The predicted octanol–water partition coefficient (Wildman–Crippen LogP) is 1.73. The van der Waals surface area contributed by atoms with Crippen molar-refractivity contribution in [2.45, 2.75) is 6.42 Å². The van der Waals surface area contributed by atoms with Gasteiger partial charge in [-0.2, -0.15) is 5.10 Å². The molecule has 2 heterocycles. The monoisotopic (exact) mass is 254 g/mol. The lowest BCUT2D eigenvalue weighted by atomic mass is 10.1. The van der Waals surface area contributed by atoms with E-state index in [1.165, 1.54) is 0 Å². The van der Waals surface area contributed by atoms with Crippen LogP contribution in [0.1, 0.15) is 16.3 Å². The molecule has 0 aliphatic carbocycles. The molecule has 5 nitrogen and oxygen atoms in total. The highest BCUT2D eigenvalue weighted by atomic mass is 16.1. The molecule has 0 fully saturated rings. The van der Waals surface area contributed by atoms with Crippen LogP contribution in [0.25, 0.3) is 10.9 Å². The van der Waals surface area contributed by atoms with Gasteiger partial charge in [-0.3, -0.25) is 9.48 Å². The van der Waals surface area contributed by atoms with Gasteiger partial charge >= 0.3 is 0 Å². The van der Waals surface area contributed by atoms with E-state index in [0.29, 0.717) is 5.82 Å². The summed E-state index contributed by atoms with van der Waals surface area (Å²) in [5.74, 6) is 0.450. The Morgan fingerprint density at radius 2 is 2.05 bits per heavy atom. The fraction of sp³-hybridized carbons (Fsp3) is 0.214. The van der Waals surface area contributed by atoms with Crippen LogP contribution in [0.15, 0.2) is 36.7 Å². The lowest BCUT2D eigenvalue weighted by molar-refractivity contribution is 0.0979. The van der Waals surface area contributed by atoms with E-state index in [1.807, 2.05) is 38.4 Å². The summed E-state index contributed by atoms with van der Waals surface area (Å²) in [6.07, 6.45) is 3.67. The van der Waals surface area contributed by atoms with E-state index < -0.39 is 0 Å². The molecule has 0 aliphatic heterocycles. The standard InChI is InChI=1S/C14H14N4O/c1-17-8-7-15-14(17)13(19)9-11-10-5-3-4-6-12(10)18(2)16-11/h3-8H,9H2,1-2H3. The Labute approximate surface area is 110 Å². The third-order valence-corrected chi connectivity index (χ3v) is 3.23. The van der Waals surface area contributed by atoms with Gasteiger partial charge < -0.3 is 4.57 Å². The van der Waals surface area contributed by atoms with Crippen molar-refractivity contribution in [1.82, 2.24) is 19.3 Å². The van der Waals surface area contributed by atoms with Crippen LogP contribution in [-0.2, 0) is 20.5 Å². The third kappa shape index (κ3) is 1.93. The van der Waals surface area contributed by atoms with E-state index >= 15 is 0 Å². The number of aromatic nitrogens is 4. The van der Waals surface area contributed by atoms with Crippen LogP contribution in [0.2, 0.25) is 0 Å². The molecule has 0 radical (unpaired) electrons. The molecule has 3 aromatic rings. The first-order chi connectivity index (χ1) is 9.16. The molecule has 5 heteroatoms. The van der Waals surface area contributed by atoms with Crippen molar-refractivity contribution >= 4 is 16.7 Å². The minimum Gasteiger partial charge on any atom is -0.332 e. The Bertz CT molecular complexity index is 754. The number of para-hydroxylation sites is 1. The topological polar surface area (TPSA) is 52.7 Å². The summed E-state index contributed by atoms with van der Waals surface area (Å²) in [5, 5.41) is 5.45. The Morgan fingerprint density at radius 1 is 1.26 bits per heavy atom. The van der Waals surface area contributed by atoms with Gasteiger partial charge in [-0.25, -0.2) is 4.98 Å². The average Bonchev–Trinajstić information content (AvgIpc) is 2.95. The Morgan fingerprint density at radius 3 is 2.79 bits per heavy atom. The van der Waals surface area contributed by atoms with Crippen molar-refractivity contribution in [2.24, 2.45) is 14.1 Å². The number of hydrogen-bond donors (Lipinski definition) is 0. The van der Waals surface area contributed by atoms with Crippen LogP contribution in [0, 0.1) is 0 Å². The van der Waals surface area contributed by atoms with Crippen molar-refractivity contribution in [2.75, 3.05) is 0 Å². The first kappa shape index (κ1) is 11.6. The molecule has 0 amide bonds. The van der Waals surface area contributed by atoms with E-state index in [2.05, 4.69) is 10.1 Å². The number of carbonyl (C=O) groups excluding carboxylic acids is 1. The molecule has 0 aliphatic rings. The number of Topliss-reactive ketones (excluding diaryl/α,β-unsaturated/α-hetero) is 1. The molecule has 19 heavy (non-hydrogen) atoms. The van der Waals surface area contributed by atoms with Crippen LogP contribution in [0.3, 0.4) is 0 Å². The van der Waals surface area contributed by atoms with E-state index in [1.54, 1.807) is 21.6 Å². The Hall–Kier alpha value is -2.43. The van der Waals surface area contributed by atoms with Crippen LogP contribution < -0.4 is 0 Å². The van der Waals surface area contributed by atoms with E-state index in [4.69, 9.17) is 0 Å². The van der Waals surface area contributed by atoms with E-state index in [9.17, 15) is 4.79 Å². The molecule has 0 atom stereocenters. The highest BCUT2D eigenvalue weighted by Gasteiger charge is 2.16. The summed E-state index contributed by atoms with van der Waals surface area (Å²) < 4.78 is 3.53. The van der Waals surface area contributed by atoms with Gasteiger partial charge in [0.05, 0.1) is 17.6 Å². The average molecular weight is 254 g/mol. The first-order valence-corrected chi connectivity index (χ1v) is 6.08. The van der Waals surface area contributed by atoms with Crippen LogP contribution in [0.4, 0.5) is 0 Å². The number of fused-ring (bicyclic) bond motifs is 1. The van der Waals surface area contributed by atoms with Crippen LogP contribution in [0.5, 0.6) is 0 Å². The molecule has 0 bridgehead atoms. The van der Waals surface area contributed by atoms with Gasteiger partial charge in [-0.1, -0.05) is 18.2 Å². The summed E-state index contributed by atoms with van der Waals surface area (Å²) in [5.41, 5.74) is 1.83. The summed E-state index contributed by atoms with van der Waals surface area (Å²) in [4.78, 5) is 16.3. The van der Waals surface area contributed by atoms with Gasteiger partial charge in [-0.15, -0.1) is 0 Å². The predicted molar refractivity (Wildman–Crippen MR) is 72.0 cm³/mol. The molecule has 2 aromatic heterocycles. The molecule has 0 N–H and O–H groups in total. The van der Waals surface area contributed by atoms with Gasteiger partial charge in [-0.05, 0) is 6.07 Å². The second kappa shape index (κ2) is 4.35. The molecule has 3 rings (SSSR count). The van der Waals surface area contributed by atoms with E-state index in [-0.39, 0.29) is 12.2 Å². The number of benzene rings is 1. The molecule has 0 saturated carbocycles. The number of aryl methyl sites for hydroxylation is 2. The third-order valence-electron chi connectivity index (χ3n) is 3.23. The van der Waals surface area contributed by atoms with Gasteiger partial charge in [0.2, 0.25) is 5.78 Å². The zero-order chi connectivity index (χ0) is 13.4. The molecule has 1 aromatic carbocycles. The van der Waals surface area contributed by atoms with Gasteiger partial charge in [0.15, 0.2) is 5.82 Å². The molecule has 96 valence electrons. The number of carbonyl (C=O) groups is 1. The lowest BCUT2D eigenvalue weighted by Crippen LogP contribution is -2.10. The Balaban J connectivity index is 1.98. The lowest BCUT2D eigenvalue weighted by Gasteiger charge is -1.99. The maximum atomic E-state index is 12.2. The number of nitrogens with zero attached hydrogens (tertiary/aromatic N) is 4. The maximum absolute atomic E-state index is 12.2. The van der Waals surface area contributed by atoms with Crippen LogP contribution in [-0.4, -0.2) is 25.1 Å². The number of ketones is 1. The fourth-order valence-electron chi connectivity index (χ4n) is 2.28. The van der Waals surface area contributed by atoms with Crippen molar-refractivity contribution in [3.05, 3.63) is 48.2 Å². The first-order valence-electron chi connectivity index (χ1n) is 6.08.